The first-order valence-electron chi connectivity index (χ1n) is 5.77. The average Bonchev–Trinajstić information content (AvgIpc) is 2.42. The fraction of sp³-hybridized carbons (Fsp3) is 0.231. The Hall–Kier alpha value is -2.08. The molecule has 0 fully saturated rings. The van der Waals surface area contributed by atoms with Crippen molar-refractivity contribution in [3.05, 3.63) is 36.5 Å². The van der Waals surface area contributed by atoms with Crippen LogP contribution in [0, 0.1) is 0 Å². The molecule has 0 amide bonds. The third-order valence-corrected chi connectivity index (χ3v) is 2.60. The van der Waals surface area contributed by atoms with E-state index in [2.05, 4.69) is 10.2 Å². The number of azo groups is 1. The van der Waals surface area contributed by atoms with Crippen LogP contribution in [-0.4, -0.2) is 30.1 Å². The van der Waals surface area contributed by atoms with Gasteiger partial charge in [0.15, 0.2) is 6.34 Å². The summed E-state index contributed by atoms with van der Waals surface area (Å²) in [6.45, 7) is 1.87. The van der Waals surface area contributed by atoms with Crippen molar-refractivity contribution in [1.29, 1.82) is 0 Å². The van der Waals surface area contributed by atoms with Crippen LogP contribution < -0.4 is 10.6 Å². The van der Waals surface area contributed by atoms with Gasteiger partial charge in [-0.3, -0.25) is 0 Å². The van der Waals surface area contributed by atoms with Gasteiger partial charge in [0.05, 0.1) is 6.20 Å². The van der Waals surface area contributed by atoms with Crippen LogP contribution in [0.4, 0.5) is 11.4 Å². The quantitative estimate of drug-likeness (QED) is 0.303. The second-order valence-electron chi connectivity index (χ2n) is 3.93. The molecule has 1 rings (SSSR count). The van der Waals surface area contributed by atoms with Crippen molar-refractivity contribution >= 4 is 35.0 Å². The van der Waals surface area contributed by atoms with Gasteiger partial charge in [-0.1, -0.05) is 11.2 Å². The molecule has 0 aromatic heterocycles. The summed E-state index contributed by atoms with van der Waals surface area (Å²) in [5.74, 6) is 0. The zero-order valence-electron chi connectivity index (χ0n) is 11.3. The molecule has 0 saturated heterocycles. The first-order valence-corrected chi connectivity index (χ1v) is 6.18. The molecule has 2 N–H and O–H groups in total. The fourth-order valence-corrected chi connectivity index (χ4v) is 1.47. The number of nitrogens with zero attached hydrogens (tertiary/aromatic N) is 4. The number of hydrogen-bond donors (Lipinski definition) is 1. The van der Waals surface area contributed by atoms with Crippen molar-refractivity contribution in [1.82, 2.24) is 0 Å². The highest BCUT2D eigenvalue weighted by Crippen LogP contribution is 2.18. The minimum atomic E-state index is 0.289. The lowest BCUT2D eigenvalue weighted by atomic mass is 10.3. The topological polar surface area (TPSA) is 57.0 Å². The Morgan fingerprint density at radius 2 is 1.95 bits per heavy atom. The molecular formula is C13H18N5S+. The molecule has 0 aliphatic rings. The minimum absolute atomic E-state index is 0.289. The molecule has 19 heavy (non-hydrogen) atoms. The minimum Gasteiger partial charge on any atom is -0.378 e. The molecule has 0 atom stereocenters. The molecule has 0 aliphatic carbocycles. The van der Waals surface area contributed by atoms with Crippen molar-refractivity contribution in [2.75, 3.05) is 19.0 Å². The molecule has 0 aliphatic heterocycles. The Morgan fingerprint density at radius 1 is 1.32 bits per heavy atom. The van der Waals surface area contributed by atoms with Crippen LogP contribution >= 0.6 is 12.2 Å². The summed E-state index contributed by atoms with van der Waals surface area (Å²) < 4.78 is 1.52. The third kappa shape index (κ3) is 4.59. The Kier molecular flexibility index (Phi) is 5.81. The van der Waals surface area contributed by atoms with Gasteiger partial charge in [-0.05, 0) is 31.2 Å². The Morgan fingerprint density at radius 3 is 2.42 bits per heavy atom. The summed E-state index contributed by atoms with van der Waals surface area (Å²) in [5.41, 5.74) is 7.28. The van der Waals surface area contributed by atoms with E-state index in [0.717, 1.165) is 11.4 Å². The normalized spacial score (nSPS) is 12.3. The van der Waals surface area contributed by atoms with Crippen molar-refractivity contribution in [3.8, 4) is 0 Å². The summed E-state index contributed by atoms with van der Waals surface area (Å²) >= 11 is 5.10. The lowest BCUT2D eigenvalue weighted by Crippen LogP contribution is -2.15. The highest BCUT2D eigenvalue weighted by atomic mass is 32.1. The summed E-state index contributed by atoms with van der Waals surface area (Å²) in [6, 6.07) is 7.70. The molecule has 0 heterocycles. The Labute approximate surface area is 118 Å². The maximum Gasteiger partial charge on any atom is 0.359 e. The smallest absolute Gasteiger partial charge is 0.359 e. The number of thiocarbonyl (C=S) groups is 1. The first-order chi connectivity index (χ1) is 9.08. The molecular weight excluding hydrogens is 258 g/mol. The molecule has 5 nitrogen and oxygen atoms in total. The molecule has 0 saturated carbocycles. The van der Waals surface area contributed by atoms with Gasteiger partial charge in [-0.25, -0.2) is 0 Å². The van der Waals surface area contributed by atoms with Crippen LogP contribution in [0.5, 0.6) is 0 Å². The molecule has 0 spiro atoms. The fourth-order valence-electron chi connectivity index (χ4n) is 1.31. The number of rotatable bonds is 3. The van der Waals surface area contributed by atoms with Gasteiger partial charge in [0.25, 0.3) is 0 Å². The van der Waals surface area contributed by atoms with E-state index >= 15 is 0 Å². The predicted octanol–water partition coefficient (Wildman–Crippen LogP) is 2.65. The van der Waals surface area contributed by atoms with Gasteiger partial charge in [-0.15, -0.1) is 0 Å². The van der Waals surface area contributed by atoms with Gasteiger partial charge >= 0.3 is 5.11 Å². The molecule has 100 valence electrons. The van der Waals surface area contributed by atoms with E-state index in [0.29, 0.717) is 0 Å². The van der Waals surface area contributed by atoms with Crippen molar-refractivity contribution in [3.63, 3.8) is 0 Å². The van der Waals surface area contributed by atoms with Crippen LogP contribution in [-0.2, 0) is 0 Å². The zero-order valence-corrected chi connectivity index (χ0v) is 12.1. The van der Waals surface area contributed by atoms with E-state index in [9.17, 15) is 0 Å². The standard InChI is InChI=1S/C13H17N5S/c1-4-9-18(10-14)13(19)16-15-11-5-7-12(8-6-11)17(2)3/h4-10,14H,1-3H3/p+1/b9-4-,16-15?. The average molecular weight is 276 g/mol. The van der Waals surface area contributed by atoms with E-state index in [1.165, 1.54) is 10.9 Å². The van der Waals surface area contributed by atoms with Crippen LogP contribution in [0.25, 0.3) is 0 Å². The first kappa shape index (κ1) is 15.0. The lowest BCUT2D eigenvalue weighted by molar-refractivity contribution is -0.317. The van der Waals surface area contributed by atoms with E-state index in [4.69, 9.17) is 18.0 Å². The third-order valence-electron chi connectivity index (χ3n) is 2.31. The Balaban J connectivity index is 2.79. The van der Waals surface area contributed by atoms with Crippen molar-refractivity contribution in [2.45, 2.75) is 6.92 Å². The highest BCUT2D eigenvalue weighted by Gasteiger charge is 2.04. The molecule has 0 radical (unpaired) electrons. The lowest BCUT2D eigenvalue weighted by Gasteiger charge is -2.11. The molecule has 0 bridgehead atoms. The monoisotopic (exact) mass is 276 g/mol. The van der Waals surface area contributed by atoms with Crippen LogP contribution in [0.2, 0.25) is 0 Å². The van der Waals surface area contributed by atoms with E-state index in [1.807, 2.05) is 56.3 Å². The van der Waals surface area contributed by atoms with Crippen LogP contribution in [0.3, 0.4) is 0 Å². The SMILES string of the molecule is C/C=C\[N+](=CN)C(=S)N=Nc1ccc(N(C)C)cc1. The number of anilines is 1. The van der Waals surface area contributed by atoms with Gasteiger partial charge in [0.2, 0.25) is 0 Å². The molecule has 6 heteroatoms. The second-order valence-corrected chi connectivity index (χ2v) is 4.30. The highest BCUT2D eigenvalue weighted by molar-refractivity contribution is 7.79. The van der Waals surface area contributed by atoms with Gasteiger partial charge in [-0.2, -0.15) is 4.58 Å². The van der Waals surface area contributed by atoms with Crippen LogP contribution in [0.15, 0.2) is 46.8 Å². The van der Waals surface area contributed by atoms with Gasteiger partial charge in [0.1, 0.15) is 5.69 Å². The molecule has 1 aromatic carbocycles. The molecule has 0 unspecified atom stereocenters. The summed E-state index contributed by atoms with van der Waals surface area (Å²) in [7, 11) is 3.97. The maximum atomic E-state index is 5.44. The van der Waals surface area contributed by atoms with Crippen molar-refractivity contribution in [2.24, 2.45) is 16.0 Å². The number of nitrogens with two attached hydrogens (primary N) is 1. The molecule has 1 aromatic rings. The summed E-state index contributed by atoms with van der Waals surface area (Å²) in [5, 5.41) is 8.33. The largest absolute Gasteiger partial charge is 0.378 e. The van der Waals surface area contributed by atoms with Gasteiger partial charge < -0.3 is 10.6 Å². The number of allylic oxidation sites excluding steroid dienone is 1. The summed E-state index contributed by atoms with van der Waals surface area (Å²) in [4.78, 5) is 2.02. The number of benzene rings is 1. The van der Waals surface area contributed by atoms with Gasteiger partial charge in [0, 0.05) is 37.1 Å². The Bertz CT molecular complexity index is 514. The van der Waals surface area contributed by atoms with E-state index < -0.39 is 0 Å². The van der Waals surface area contributed by atoms with E-state index in [1.54, 1.807) is 6.20 Å². The number of hydrogen-bond acceptors (Lipinski definition) is 3. The predicted molar refractivity (Wildman–Crippen MR) is 83.2 cm³/mol. The zero-order chi connectivity index (χ0) is 14.3. The van der Waals surface area contributed by atoms with Crippen molar-refractivity contribution < 1.29 is 4.58 Å². The summed E-state index contributed by atoms with van der Waals surface area (Å²) in [6.07, 6.45) is 4.88. The second kappa shape index (κ2) is 7.38. The van der Waals surface area contributed by atoms with Crippen LogP contribution in [0.1, 0.15) is 6.92 Å². The van der Waals surface area contributed by atoms with E-state index in [-0.39, 0.29) is 5.11 Å². The maximum absolute atomic E-state index is 5.44.